The molecule has 0 spiro atoms. The quantitative estimate of drug-likeness (QED) is 0.488. The molecule has 0 aliphatic carbocycles. The smallest absolute Gasteiger partial charge is 0.134 e. The average Bonchev–Trinajstić information content (AvgIpc) is 2.60. The van der Waals surface area contributed by atoms with E-state index in [0.717, 1.165) is 60.9 Å². The van der Waals surface area contributed by atoms with Crippen LogP contribution in [0.4, 0.5) is 0 Å². The van der Waals surface area contributed by atoms with E-state index in [1.165, 1.54) is 5.56 Å². The molecular formula is C21H25BrN2O. The van der Waals surface area contributed by atoms with Gasteiger partial charge < -0.3 is 15.4 Å². The van der Waals surface area contributed by atoms with Crippen LogP contribution in [0.25, 0.3) is 12.2 Å². The van der Waals surface area contributed by atoms with Crippen molar-refractivity contribution in [3.8, 4) is 5.75 Å². The van der Waals surface area contributed by atoms with Crippen LogP contribution in [-0.2, 0) is 0 Å². The summed E-state index contributed by atoms with van der Waals surface area (Å²) >= 11 is 3.57. The molecule has 1 heterocycles. The third-order valence-corrected chi connectivity index (χ3v) is 4.93. The molecule has 2 aromatic rings. The second kappa shape index (κ2) is 9.76. The summed E-state index contributed by atoms with van der Waals surface area (Å²) in [6.07, 6.45) is 5.24. The largest absolute Gasteiger partial charge is 0.492 e. The van der Waals surface area contributed by atoms with Gasteiger partial charge in [-0.25, -0.2) is 0 Å². The number of hydrogen-bond donors (Lipinski definition) is 2. The Morgan fingerprint density at radius 3 is 2.64 bits per heavy atom. The predicted molar refractivity (Wildman–Crippen MR) is 109 cm³/mol. The van der Waals surface area contributed by atoms with Crippen molar-refractivity contribution in [2.24, 2.45) is 5.92 Å². The van der Waals surface area contributed by atoms with E-state index in [2.05, 4.69) is 63.0 Å². The van der Waals surface area contributed by atoms with E-state index in [0.29, 0.717) is 0 Å². The van der Waals surface area contributed by atoms with Gasteiger partial charge in [0.25, 0.3) is 0 Å². The van der Waals surface area contributed by atoms with Crippen molar-refractivity contribution in [1.82, 2.24) is 10.6 Å². The van der Waals surface area contributed by atoms with Gasteiger partial charge in [0.1, 0.15) is 5.75 Å². The number of nitrogens with one attached hydrogen (secondary N) is 2. The van der Waals surface area contributed by atoms with Crippen LogP contribution >= 0.6 is 15.9 Å². The first-order valence-electron chi connectivity index (χ1n) is 8.88. The van der Waals surface area contributed by atoms with Crippen LogP contribution in [0.15, 0.2) is 53.0 Å². The lowest BCUT2D eigenvalue weighted by Gasteiger charge is -2.27. The first kappa shape index (κ1) is 18.2. The van der Waals surface area contributed by atoms with E-state index >= 15 is 0 Å². The van der Waals surface area contributed by atoms with E-state index < -0.39 is 0 Å². The Labute approximate surface area is 158 Å². The van der Waals surface area contributed by atoms with Gasteiger partial charge in [0.05, 0.1) is 11.1 Å². The molecular weight excluding hydrogens is 376 g/mol. The molecule has 132 valence electrons. The summed E-state index contributed by atoms with van der Waals surface area (Å²) in [5.74, 6) is 1.71. The molecule has 0 radical (unpaired) electrons. The molecule has 25 heavy (non-hydrogen) atoms. The predicted octanol–water partition coefficient (Wildman–Crippen LogP) is 4.20. The fourth-order valence-corrected chi connectivity index (χ4v) is 3.03. The van der Waals surface area contributed by atoms with Crippen LogP contribution in [0.3, 0.4) is 0 Å². The van der Waals surface area contributed by atoms with Gasteiger partial charge in [-0.05, 0) is 58.1 Å². The highest BCUT2D eigenvalue weighted by Crippen LogP contribution is 2.27. The third kappa shape index (κ3) is 5.99. The molecule has 0 aromatic heterocycles. The molecule has 3 rings (SSSR count). The van der Waals surface area contributed by atoms with E-state index in [1.807, 2.05) is 24.3 Å². The molecule has 0 unspecified atom stereocenters. The zero-order valence-electron chi connectivity index (χ0n) is 14.4. The summed E-state index contributed by atoms with van der Waals surface area (Å²) in [6.45, 7) is 5.14. The van der Waals surface area contributed by atoms with Crippen molar-refractivity contribution in [3.63, 3.8) is 0 Å². The Morgan fingerprint density at radius 2 is 1.88 bits per heavy atom. The zero-order valence-corrected chi connectivity index (χ0v) is 16.0. The van der Waals surface area contributed by atoms with E-state index in [9.17, 15) is 0 Å². The van der Waals surface area contributed by atoms with Gasteiger partial charge in [0.2, 0.25) is 0 Å². The van der Waals surface area contributed by atoms with Crippen molar-refractivity contribution in [2.45, 2.75) is 6.42 Å². The van der Waals surface area contributed by atoms with Crippen molar-refractivity contribution in [2.75, 3.05) is 32.8 Å². The van der Waals surface area contributed by atoms with Crippen LogP contribution in [0.1, 0.15) is 17.5 Å². The molecule has 1 aliphatic heterocycles. The molecule has 4 heteroatoms. The first-order valence-corrected chi connectivity index (χ1v) is 9.67. The van der Waals surface area contributed by atoms with E-state index in [1.54, 1.807) is 0 Å². The summed E-state index contributed by atoms with van der Waals surface area (Å²) in [5, 5.41) is 6.79. The Kier molecular flexibility index (Phi) is 7.10. The number of ether oxygens (including phenoxy) is 1. The Balaban J connectivity index is 1.45. The molecule has 1 saturated heterocycles. The van der Waals surface area contributed by atoms with Gasteiger partial charge in [-0.15, -0.1) is 0 Å². The summed E-state index contributed by atoms with van der Waals surface area (Å²) < 4.78 is 6.94. The van der Waals surface area contributed by atoms with Crippen molar-refractivity contribution in [1.29, 1.82) is 0 Å². The number of halogens is 1. The molecule has 1 aliphatic rings. The normalized spacial score (nSPS) is 14.6. The van der Waals surface area contributed by atoms with E-state index in [-0.39, 0.29) is 0 Å². The highest BCUT2D eigenvalue weighted by atomic mass is 79.9. The van der Waals surface area contributed by atoms with Gasteiger partial charge in [-0.2, -0.15) is 0 Å². The average molecular weight is 401 g/mol. The van der Waals surface area contributed by atoms with Gasteiger partial charge in [-0.1, -0.05) is 48.6 Å². The zero-order chi connectivity index (χ0) is 17.3. The Hall–Kier alpha value is -1.62. The van der Waals surface area contributed by atoms with Crippen LogP contribution in [0.5, 0.6) is 5.75 Å². The number of benzene rings is 2. The maximum atomic E-state index is 5.94. The van der Waals surface area contributed by atoms with Crippen LogP contribution < -0.4 is 15.4 Å². The topological polar surface area (TPSA) is 33.3 Å². The van der Waals surface area contributed by atoms with Gasteiger partial charge in [0.15, 0.2) is 0 Å². The fourth-order valence-electron chi connectivity index (χ4n) is 2.67. The second-order valence-electron chi connectivity index (χ2n) is 6.36. The van der Waals surface area contributed by atoms with Crippen molar-refractivity contribution >= 4 is 28.1 Å². The van der Waals surface area contributed by atoms with Crippen LogP contribution in [0, 0.1) is 5.92 Å². The molecule has 1 fully saturated rings. The summed E-state index contributed by atoms with van der Waals surface area (Å²) in [4.78, 5) is 0. The summed E-state index contributed by atoms with van der Waals surface area (Å²) in [7, 11) is 0. The highest BCUT2D eigenvalue weighted by Gasteiger charge is 2.15. The minimum atomic E-state index is 0.723. The van der Waals surface area contributed by atoms with Crippen molar-refractivity contribution in [3.05, 3.63) is 64.1 Å². The molecule has 3 nitrogen and oxygen atoms in total. The molecule has 0 atom stereocenters. The SMILES string of the molecule is Brc1ccc(/C=C/c2ccccc2)cc1OCCCNCC1CNC1. The first-order chi connectivity index (χ1) is 12.3. The Morgan fingerprint density at radius 1 is 1.08 bits per heavy atom. The van der Waals surface area contributed by atoms with Gasteiger partial charge in [-0.3, -0.25) is 0 Å². The lowest BCUT2D eigenvalue weighted by molar-refractivity contribution is 0.295. The van der Waals surface area contributed by atoms with E-state index in [4.69, 9.17) is 4.74 Å². The maximum Gasteiger partial charge on any atom is 0.134 e. The number of rotatable bonds is 9. The maximum absolute atomic E-state index is 5.94. The monoisotopic (exact) mass is 400 g/mol. The molecule has 2 N–H and O–H groups in total. The minimum absolute atomic E-state index is 0.723. The standard InChI is InChI=1S/C21H25BrN2O/c22-20-10-9-18(8-7-17-5-2-1-3-6-17)13-21(20)25-12-4-11-23-14-19-15-24-16-19/h1-3,5-10,13,19,23-24H,4,11-12,14-16H2/b8-7+. The lowest BCUT2D eigenvalue weighted by Crippen LogP contribution is -2.47. The third-order valence-electron chi connectivity index (χ3n) is 4.28. The second-order valence-corrected chi connectivity index (χ2v) is 7.22. The highest BCUT2D eigenvalue weighted by molar-refractivity contribution is 9.10. The minimum Gasteiger partial charge on any atom is -0.492 e. The molecule has 0 amide bonds. The van der Waals surface area contributed by atoms with Crippen LogP contribution in [-0.4, -0.2) is 32.8 Å². The fraction of sp³-hybridized carbons (Fsp3) is 0.333. The van der Waals surface area contributed by atoms with Crippen molar-refractivity contribution < 1.29 is 4.74 Å². The number of hydrogen-bond acceptors (Lipinski definition) is 3. The van der Waals surface area contributed by atoms with Gasteiger partial charge >= 0.3 is 0 Å². The lowest BCUT2D eigenvalue weighted by atomic mass is 10.0. The molecule has 0 bridgehead atoms. The van der Waals surface area contributed by atoms with Gasteiger partial charge in [0, 0.05) is 19.6 Å². The summed E-state index contributed by atoms with van der Waals surface area (Å²) in [6, 6.07) is 16.5. The Bertz CT molecular complexity index is 684. The molecule has 0 saturated carbocycles. The van der Waals surface area contributed by atoms with Crippen LogP contribution in [0.2, 0.25) is 0 Å². The summed E-state index contributed by atoms with van der Waals surface area (Å²) in [5.41, 5.74) is 2.33. The molecule has 2 aromatic carbocycles.